The lowest BCUT2D eigenvalue weighted by atomic mass is 10.1. The number of carbonyl (C=O) groups is 1. The molecular weight excluding hydrogens is 240 g/mol. The minimum Gasteiger partial charge on any atom is -0.444 e. The fraction of sp³-hybridized carbons (Fsp3) is 0.533. The van der Waals surface area contributed by atoms with Gasteiger partial charge in [0.2, 0.25) is 0 Å². The van der Waals surface area contributed by atoms with Crippen molar-refractivity contribution in [3.63, 3.8) is 0 Å². The molecule has 0 aromatic heterocycles. The van der Waals surface area contributed by atoms with Crippen molar-refractivity contribution in [3.05, 3.63) is 35.4 Å². The molecule has 0 aliphatic rings. The molecule has 0 fully saturated rings. The topological polar surface area (TPSA) is 50.4 Å². The lowest BCUT2D eigenvalue weighted by Gasteiger charge is -2.20. The molecule has 0 saturated heterocycles. The molecule has 1 amide bonds. The van der Waals surface area contributed by atoms with Crippen molar-refractivity contribution in [1.82, 2.24) is 10.6 Å². The molecule has 0 aliphatic carbocycles. The van der Waals surface area contributed by atoms with Crippen LogP contribution in [0.4, 0.5) is 4.79 Å². The van der Waals surface area contributed by atoms with Gasteiger partial charge in [0, 0.05) is 13.1 Å². The van der Waals surface area contributed by atoms with Crippen LogP contribution in [0.1, 0.15) is 38.8 Å². The van der Waals surface area contributed by atoms with Gasteiger partial charge in [-0.05, 0) is 38.4 Å². The Balaban J connectivity index is 2.55. The van der Waals surface area contributed by atoms with Crippen LogP contribution in [-0.4, -0.2) is 18.2 Å². The van der Waals surface area contributed by atoms with E-state index in [4.69, 9.17) is 4.74 Å². The molecule has 106 valence electrons. The Morgan fingerprint density at radius 2 is 1.74 bits per heavy atom. The van der Waals surface area contributed by atoms with E-state index in [0.29, 0.717) is 6.54 Å². The zero-order chi connectivity index (χ0) is 14.3. The van der Waals surface area contributed by atoms with E-state index in [1.807, 2.05) is 39.0 Å². The fourth-order valence-electron chi connectivity index (χ4n) is 1.64. The Kier molecular flexibility index (Phi) is 5.83. The lowest BCUT2D eigenvalue weighted by molar-refractivity contribution is 0.0523. The highest BCUT2D eigenvalue weighted by Gasteiger charge is 2.15. The quantitative estimate of drug-likeness (QED) is 0.859. The predicted octanol–water partition coefficient (Wildman–Crippen LogP) is 2.82. The van der Waals surface area contributed by atoms with Gasteiger partial charge in [0.15, 0.2) is 0 Å². The maximum atomic E-state index is 11.6. The van der Waals surface area contributed by atoms with Gasteiger partial charge in [-0.2, -0.15) is 0 Å². The third-order valence-corrected chi connectivity index (χ3v) is 2.51. The smallest absolute Gasteiger partial charge is 0.407 e. The largest absolute Gasteiger partial charge is 0.444 e. The van der Waals surface area contributed by atoms with Crippen LogP contribution in [0.25, 0.3) is 0 Å². The molecule has 0 bridgehead atoms. The summed E-state index contributed by atoms with van der Waals surface area (Å²) in [5, 5.41) is 6.07. The van der Waals surface area contributed by atoms with Crippen LogP contribution < -0.4 is 10.6 Å². The molecule has 0 saturated carbocycles. The summed E-state index contributed by atoms with van der Waals surface area (Å²) < 4.78 is 5.21. The summed E-state index contributed by atoms with van der Waals surface area (Å²) in [7, 11) is 0. The monoisotopic (exact) mass is 264 g/mol. The molecule has 0 radical (unpaired) electrons. The summed E-state index contributed by atoms with van der Waals surface area (Å²) in [4.78, 5) is 11.6. The van der Waals surface area contributed by atoms with Gasteiger partial charge in [0.25, 0.3) is 0 Å². The molecule has 1 rings (SSSR count). The second kappa shape index (κ2) is 7.14. The predicted molar refractivity (Wildman–Crippen MR) is 76.9 cm³/mol. The summed E-state index contributed by atoms with van der Waals surface area (Å²) >= 11 is 0. The van der Waals surface area contributed by atoms with E-state index in [9.17, 15) is 4.79 Å². The van der Waals surface area contributed by atoms with Crippen LogP contribution in [0.2, 0.25) is 0 Å². The van der Waals surface area contributed by atoms with Gasteiger partial charge in [0.05, 0.1) is 0 Å². The first-order chi connectivity index (χ1) is 8.92. The molecule has 0 unspecified atom stereocenters. The van der Waals surface area contributed by atoms with E-state index in [1.54, 1.807) is 0 Å². The summed E-state index contributed by atoms with van der Waals surface area (Å²) in [6.07, 6.45) is -0.384. The first-order valence-electron chi connectivity index (χ1n) is 6.66. The Morgan fingerprint density at radius 3 is 2.26 bits per heavy atom. The van der Waals surface area contributed by atoms with Gasteiger partial charge in [-0.25, -0.2) is 4.79 Å². The molecule has 0 heterocycles. The molecule has 4 heteroatoms. The maximum absolute atomic E-state index is 11.6. The van der Waals surface area contributed by atoms with Crippen molar-refractivity contribution in [1.29, 1.82) is 0 Å². The number of rotatable bonds is 5. The molecule has 0 aliphatic heterocycles. The zero-order valence-electron chi connectivity index (χ0n) is 12.2. The van der Waals surface area contributed by atoms with Crippen LogP contribution in [0, 0.1) is 0 Å². The molecule has 0 atom stereocenters. The van der Waals surface area contributed by atoms with Gasteiger partial charge >= 0.3 is 6.09 Å². The number of carbonyl (C=O) groups excluding carboxylic acids is 1. The average Bonchev–Trinajstić information content (AvgIpc) is 2.32. The standard InChI is InChI=1S/C15H24N2O2/c1-5-16-10-12-8-6-7-9-13(12)11-17-14(18)19-15(2,3)4/h6-9,16H,5,10-11H2,1-4H3,(H,17,18). The molecule has 1 aromatic carbocycles. The van der Waals surface area contributed by atoms with Gasteiger partial charge in [-0.3, -0.25) is 0 Å². The molecule has 1 aromatic rings. The first kappa shape index (κ1) is 15.5. The molecule has 0 spiro atoms. The summed E-state index contributed by atoms with van der Waals surface area (Å²) in [5.41, 5.74) is 1.84. The zero-order valence-corrected chi connectivity index (χ0v) is 12.2. The van der Waals surface area contributed by atoms with E-state index in [2.05, 4.69) is 23.6 Å². The highest BCUT2D eigenvalue weighted by atomic mass is 16.6. The second-order valence-electron chi connectivity index (χ2n) is 5.40. The Hall–Kier alpha value is -1.55. The molecule has 4 nitrogen and oxygen atoms in total. The Bertz CT molecular complexity index is 411. The second-order valence-corrected chi connectivity index (χ2v) is 5.40. The number of hydrogen-bond acceptors (Lipinski definition) is 3. The van der Waals surface area contributed by atoms with Gasteiger partial charge in [-0.1, -0.05) is 31.2 Å². The third kappa shape index (κ3) is 6.25. The van der Waals surface area contributed by atoms with Crippen LogP contribution in [0.5, 0.6) is 0 Å². The van der Waals surface area contributed by atoms with Crippen molar-refractivity contribution in [3.8, 4) is 0 Å². The average molecular weight is 264 g/mol. The van der Waals surface area contributed by atoms with Crippen molar-refractivity contribution in [2.45, 2.75) is 46.4 Å². The number of amides is 1. The van der Waals surface area contributed by atoms with Crippen LogP contribution in [0.15, 0.2) is 24.3 Å². The molecular formula is C15H24N2O2. The number of alkyl carbamates (subject to hydrolysis) is 1. The summed E-state index contributed by atoms with van der Waals surface area (Å²) in [6, 6.07) is 8.06. The third-order valence-electron chi connectivity index (χ3n) is 2.51. The van der Waals surface area contributed by atoms with Crippen molar-refractivity contribution in [2.75, 3.05) is 6.54 Å². The highest BCUT2D eigenvalue weighted by molar-refractivity contribution is 5.67. The molecule has 2 N–H and O–H groups in total. The number of nitrogens with one attached hydrogen (secondary N) is 2. The Labute approximate surface area is 115 Å². The maximum Gasteiger partial charge on any atom is 0.407 e. The summed E-state index contributed by atoms with van der Waals surface area (Å²) in [6.45, 7) is 9.84. The van der Waals surface area contributed by atoms with Crippen molar-refractivity contribution in [2.24, 2.45) is 0 Å². The SMILES string of the molecule is CCNCc1ccccc1CNC(=O)OC(C)(C)C. The molecule has 19 heavy (non-hydrogen) atoms. The normalized spacial score (nSPS) is 11.2. The van der Waals surface area contributed by atoms with E-state index in [1.165, 1.54) is 5.56 Å². The van der Waals surface area contributed by atoms with E-state index in [0.717, 1.165) is 18.7 Å². The van der Waals surface area contributed by atoms with E-state index >= 15 is 0 Å². The number of ether oxygens (including phenoxy) is 1. The fourth-order valence-corrected chi connectivity index (χ4v) is 1.64. The van der Waals surface area contributed by atoms with Crippen LogP contribution in [0.3, 0.4) is 0 Å². The highest BCUT2D eigenvalue weighted by Crippen LogP contribution is 2.10. The van der Waals surface area contributed by atoms with Gasteiger partial charge in [0.1, 0.15) is 5.60 Å². The number of benzene rings is 1. The van der Waals surface area contributed by atoms with E-state index < -0.39 is 5.60 Å². The van der Waals surface area contributed by atoms with Crippen molar-refractivity contribution >= 4 is 6.09 Å². The van der Waals surface area contributed by atoms with Gasteiger partial charge in [-0.15, -0.1) is 0 Å². The van der Waals surface area contributed by atoms with Crippen LogP contribution >= 0.6 is 0 Å². The van der Waals surface area contributed by atoms with Gasteiger partial charge < -0.3 is 15.4 Å². The lowest BCUT2D eigenvalue weighted by Crippen LogP contribution is -2.32. The van der Waals surface area contributed by atoms with Crippen LogP contribution in [-0.2, 0) is 17.8 Å². The first-order valence-corrected chi connectivity index (χ1v) is 6.66. The number of hydrogen-bond donors (Lipinski definition) is 2. The summed E-state index contributed by atoms with van der Waals surface area (Å²) in [5.74, 6) is 0. The minimum atomic E-state index is -0.465. The van der Waals surface area contributed by atoms with Crippen molar-refractivity contribution < 1.29 is 9.53 Å². The van der Waals surface area contributed by atoms with E-state index in [-0.39, 0.29) is 6.09 Å². The minimum absolute atomic E-state index is 0.384. The Morgan fingerprint density at radius 1 is 1.16 bits per heavy atom.